The van der Waals surface area contributed by atoms with Crippen LogP contribution in [0.4, 0.5) is 0 Å². The van der Waals surface area contributed by atoms with Crippen molar-refractivity contribution in [1.82, 2.24) is 0 Å². The summed E-state index contributed by atoms with van der Waals surface area (Å²) in [7, 11) is 0. The molecule has 0 radical (unpaired) electrons. The monoisotopic (exact) mass is 438 g/mol. The number of thioether (sulfide) groups is 1. The smallest absolute Gasteiger partial charge is 0.306 e. The molecule has 0 saturated heterocycles. The van der Waals surface area contributed by atoms with Crippen molar-refractivity contribution in [2.75, 3.05) is 5.94 Å². The lowest BCUT2D eigenvalue weighted by molar-refractivity contribution is -0.150. The minimum Gasteiger partial charge on any atom is -0.461 e. The summed E-state index contributed by atoms with van der Waals surface area (Å²) in [5.41, 5.74) is 0. The summed E-state index contributed by atoms with van der Waals surface area (Å²) in [5, 5.41) is 0.267. The Kier molecular flexibility index (Phi) is 10.9. The predicted octanol–water partition coefficient (Wildman–Crippen LogP) is 6.80. The van der Waals surface area contributed by atoms with E-state index in [0.29, 0.717) is 18.8 Å². The highest BCUT2D eigenvalue weighted by molar-refractivity contribution is 7.99. The molecule has 0 aromatic rings. The molecule has 0 aromatic heterocycles. The van der Waals surface area contributed by atoms with Gasteiger partial charge in [0.2, 0.25) is 0 Å². The Labute approximate surface area is 187 Å². The van der Waals surface area contributed by atoms with E-state index in [-0.39, 0.29) is 23.3 Å². The van der Waals surface area contributed by atoms with E-state index in [4.69, 9.17) is 9.47 Å². The molecule has 30 heavy (non-hydrogen) atoms. The Hall–Kier alpha value is -0.710. The van der Waals surface area contributed by atoms with Gasteiger partial charge in [0.05, 0.1) is 0 Å². The van der Waals surface area contributed by atoms with Crippen molar-refractivity contribution in [3.05, 3.63) is 0 Å². The third-order valence-electron chi connectivity index (χ3n) is 7.39. The van der Waals surface area contributed by atoms with Crippen molar-refractivity contribution < 1.29 is 19.1 Å². The number of hydrogen-bond donors (Lipinski definition) is 0. The summed E-state index contributed by atoms with van der Waals surface area (Å²) in [4.78, 5) is 24.5. The normalized spacial score (nSPS) is 26.3. The Morgan fingerprint density at radius 3 is 1.83 bits per heavy atom. The van der Waals surface area contributed by atoms with Crippen molar-refractivity contribution in [2.45, 2.75) is 127 Å². The van der Waals surface area contributed by atoms with Crippen molar-refractivity contribution in [2.24, 2.45) is 11.8 Å². The van der Waals surface area contributed by atoms with Gasteiger partial charge in [0.1, 0.15) is 12.0 Å². The molecule has 1 unspecified atom stereocenters. The van der Waals surface area contributed by atoms with Gasteiger partial charge in [0.25, 0.3) is 0 Å². The van der Waals surface area contributed by atoms with Gasteiger partial charge in [-0.05, 0) is 43.9 Å². The van der Waals surface area contributed by atoms with Crippen molar-refractivity contribution in [3.63, 3.8) is 0 Å². The van der Waals surface area contributed by atoms with E-state index in [9.17, 15) is 9.59 Å². The highest BCUT2D eigenvalue weighted by Gasteiger charge is 2.29. The molecular formula is C25H42O4S. The van der Waals surface area contributed by atoms with Crippen LogP contribution < -0.4 is 0 Å². The lowest BCUT2D eigenvalue weighted by Gasteiger charge is -2.31. The van der Waals surface area contributed by atoms with Crippen LogP contribution in [0.25, 0.3) is 0 Å². The average molecular weight is 439 g/mol. The Bertz CT molecular complexity index is 511. The fraction of sp³-hybridized carbons (Fsp3) is 0.920. The Morgan fingerprint density at radius 2 is 1.20 bits per heavy atom. The molecule has 3 aliphatic carbocycles. The molecule has 0 N–H and O–H groups in total. The third kappa shape index (κ3) is 8.80. The van der Waals surface area contributed by atoms with Gasteiger partial charge in [-0.15, -0.1) is 11.8 Å². The van der Waals surface area contributed by atoms with Crippen molar-refractivity contribution >= 4 is 23.7 Å². The summed E-state index contributed by atoms with van der Waals surface area (Å²) in [6, 6.07) is 0. The van der Waals surface area contributed by atoms with Crippen LogP contribution in [0, 0.1) is 11.8 Å². The largest absolute Gasteiger partial charge is 0.461 e. The van der Waals surface area contributed by atoms with Gasteiger partial charge in [0, 0.05) is 18.1 Å². The standard InChI is InChI=1S/C25H42O4S/c26-24(17-15-20-9-3-1-4-10-20)28-19-30-23-14-8-7-13-22(23)29-25(27)18-16-21-11-5-2-6-12-21/h20-23H,1-19H2/t22-,23?/m1/s1. The molecule has 0 bridgehead atoms. The fourth-order valence-electron chi connectivity index (χ4n) is 5.47. The second-order valence-corrected chi connectivity index (χ2v) is 10.9. The first-order chi connectivity index (χ1) is 14.7. The first-order valence-corrected chi connectivity index (χ1v) is 13.7. The van der Waals surface area contributed by atoms with Gasteiger partial charge in [0.15, 0.2) is 0 Å². The molecule has 3 saturated carbocycles. The minimum absolute atomic E-state index is 0.0106. The van der Waals surface area contributed by atoms with E-state index in [1.54, 1.807) is 11.8 Å². The molecule has 0 spiro atoms. The quantitative estimate of drug-likeness (QED) is 0.277. The number of carbonyl (C=O) groups is 2. The molecule has 5 heteroatoms. The maximum absolute atomic E-state index is 12.4. The highest BCUT2D eigenvalue weighted by Crippen LogP contribution is 2.32. The first-order valence-electron chi connectivity index (χ1n) is 12.7. The van der Waals surface area contributed by atoms with Crippen LogP contribution in [-0.4, -0.2) is 29.2 Å². The van der Waals surface area contributed by atoms with Gasteiger partial charge in [-0.2, -0.15) is 0 Å². The molecule has 172 valence electrons. The van der Waals surface area contributed by atoms with Gasteiger partial charge in [-0.1, -0.05) is 70.6 Å². The Morgan fingerprint density at radius 1 is 0.667 bits per heavy atom. The highest BCUT2D eigenvalue weighted by atomic mass is 32.2. The fourth-order valence-corrected chi connectivity index (χ4v) is 6.58. The van der Waals surface area contributed by atoms with Crippen LogP contribution in [0.1, 0.15) is 116 Å². The number of hydrogen-bond acceptors (Lipinski definition) is 5. The van der Waals surface area contributed by atoms with E-state index >= 15 is 0 Å². The van der Waals surface area contributed by atoms with Crippen LogP contribution in [0.3, 0.4) is 0 Å². The zero-order valence-electron chi connectivity index (χ0n) is 18.8. The zero-order chi connectivity index (χ0) is 21.0. The minimum atomic E-state index is -0.0649. The van der Waals surface area contributed by atoms with E-state index in [2.05, 4.69) is 0 Å². The molecule has 3 rings (SSSR count). The predicted molar refractivity (Wildman–Crippen MR) is 122 cm³/mol. The second-order valence-electron chi connectivity index (χ2n) is 9.74. The van der Waals surface area contributed by atoms with Crippen molar-refractivity contribution in [1.29, 1.82) is 0 Å². The van der Waals surface area contributed by atoms with Gasteiger partial charge < -0.3 is 9.47 Å². The molecule has 3 aliphatic rings. The Balaban J connectivity index is 1.30. The lowest BCUT2D eigenvalue weighted by atomic mass is 9.86. The molecule has 3 fully saturated rings. The number of ether oxygens (including phenoxy) is 2. The maximum Gasteiger partial charge on any atom is 0.306 e. The molecule has 4 nitrogen and oxygen atoms in total. The molecule has 0 heterocycles. The number of rotatable bonds is 10. The topological polar surface area (TPSA) is 52.6 Å². The summed E-state index contributed by atoms with van der Waals surface area (Å²) < 4.78 is 11.4. The lowest BCUT2D eigenvalue weighted by Crippen LogP contribution is -2.33. The SMILES string of the molecule is O=C(CCC1CCCCC1)OCSC1CCCC[C@H]1OC(=O)CCC1CCCCC1. The zero-order valence-corrected chi connectivity index (χ0v) is 19.6. The summed E-state index contributed by atoms with van der Waals surface area (Å²) in [6.07, 6.45) is 20.5. The van der Waals surface area contributed by atoms with Crippen molar-refractivity contribution in [3.8, 4) is 0 Å². The molecule has 0 aromatic carbocycles. The van der Waals surface area contributed by atoms with E-state index in [0.717, 1.165) is 43.9 Å². The average Bonchev–Trinajstić information content (AvgIpc) is 2.79. The van der Waals surface area contributed by atoms with Crippen LogP contribution in [0.15, 0.2) is 0 Å². The van der Waals surface area contributed by atoms with E-state index in [1.807, 2.05) is 0 Å². The number of carbonyl (C=O) groups excluding carboxylic acids is 2. The first kappa shape index (κ1) is 23.9. The van der Waals surface area contributed by atoms with Crippen LogP contribution in [0.5, 0.6) is 0 Å². The third-order valence-corrected chi connectivity index (χ3v) is 8.61. The molecule has 0 amide bonds. The number of esters is 2. The van der Waals surface area contributed by atoms with E-state index in [1.165, 1.54) is 70.6 Å². The summed E-state index contributed by atoms with van der Waals surface area (Å²) in [6.45, 7) is 0. The molecule has 0 aliphatic heterocycles. The second kappa shape index (κ2) is 13.6. The van der Waals surface area contributed by atoms with Gasteiger partial charge in [-0.3, -0.25) is 9.59 Å². The maximum atomic E-state index is 12.4. The molecule has 2 atom stereocenters. The van der Waals surface area contributed by atoms with Gasteiger partial charge >= 0.3 is 11.9 Å². The molecular weight excluding hydrogens is 396 g/mol. The summed E-state index contributed by atoms with van der Waals surface area (Å²) in [5.74, 6) is 1.74. The van der Waals surface area contributed by atoms with Crippen LogP contribution in [-0.2, 0) is 19.1 Å². The summed E-state index contributed by atoms with van der Waals surface area (Å²) >= 11 is 1.66. The van der Waals surface area contributed by atoms with Crippen LogP contribution >= 0.6 is 11.8 Å². The van der Waals surface area contributed by atoms with Gasteiger partial charge in [-0.25, -0.2) is 0 Å². The van der Waals surface area contributed by atoms with Crippen LogP contribution in [0.2, 0.25) is 0 Å². The van der Waals surface area contributed by atoms with E-state index < -0.39 is 0 Å².